The zero-order valence-electron chi connectivity index (χ0n) is 11.9. The molecule has 96 valence electrons. The molecule has 0 amide bonds. The van der Waals surface area contributed by atoms with Gasteiger partial charge in [0.15, 0.2) is 0 Å². The zero-order chi connectivity index (χ0) is 13.7. The fraction of sp³-hybridized carbons (Fsp3) is 0.158. The van der Waals surface area contributed by atoms with E-state index in [2.05, 4.69) is 80.6 Å². The van der Waals surface area contributed by atoms with Crippen molar-refractivity contribution in [3.63, 3.8) is 0 Å². The molecule has 19 heavy (non-hydrogen) atoms. The summed E-state index contributed by atoms with van der Waals surface area (Å²) in [5, 5.41) is 0. The summed E-state index contributed by atoms with van der Waals surface area (Å²) < 4.78 is 0. The predicted molar refractivity (Wildman–Crippen MR) is 86.0 cm³/mol. The third-order valence-corrected chi connectivity index (χ3v) is 3.04. The normalized spacial score (nSPS) is 11.5. The summed E-state index contributed by atoms with van der Waals surface area (Å²) in [6.07, 6.45) is 8.42. The van der Waals surface area contributed by atoms with Gasteiger partial charge in [0.1, 0.15) is 0 Å². The third-order valence-electron chi connectivity index (χ3n) is 3.04. The van der Waals surface area contributed by atoms with Gasteiger partial charge < -0.3 is 0 Å². The summed E-state index contributed by atoms with van der Waals surface area (Å²) in [6.45, 7) is 6.24. The van der Waals surface area contributed by atoms with Gasteiger partial charge in [0.05, 0.1) is 0 Å². The van der Waals surface area contributed by atoms with E-state index in [1.807, 2.05) is 6.92 Å². The number of benzene rings is 2. The van der Waals surface area contributed by atoms with Crippen molar-refractivity contribution in [1.82, 2.24) is 0 Å². The Balaban J connectivity index is 2.48. The van der Waals surface area contributed by atoms with Crippen LogP contribution in [0.5, 0.6) is 0 Å². The van der Waals surface area contributed by atoms with Crippen LogP contribution in [0.15, 0.2) is 54.6 Å². The maximum absolute atomic E-state index is 2.24. The van der Waals surface area contributed by atoms with E-state index < -0.39 is 0 Å². The molecule has 0 aliphatic heterocycles. The Labute approximate surface area is 116 Å². The monoisotopic (exact) mass is 248 g/mol. The van der Waals surface area contributed by atoms with Gasteiger partial charge in [-0.3, -0.25) is 0 Å². The minimum absolute atomic E-state index is 1.24. The molecule has 0 heteroatoms. The SMILES string of the molecule is C/C=C/c1cccc(-c2cc(C)cc(/C=C/C)c2)c1. The van der Waals surface area contributed by atoms with Crippen LogP contribution < -0.4 is 0 Å². The molecule has 2 rings (SSSR count). The fourth-order valence-electron chi connectivity index (χ4n) is 2.28. The van der Waals surface area contributed by atoms with E-state index in [0.717, 1.165) is 0 Å². The maximum atomic E-state index is 2.24. The molecule has 0 heterocycles. The van der Waals surface area contributed by atoms with Gasteiger partial charge in [-0.1, -0.05) is 54.6 Å². The van der Waals surface area contributed by atoms with E-state index in [1.165, 1.54) is 27.8 Å². The summed E-state index contributed by atoms with van der Waals surface area (Å²) in [5.41, 5.74) is 6.34. The summed E-state index contributed by atoms with van der Waals surface area (Å²) in [7, 11) is 0. The molecule has 0 unspecified atom stereocenters. The first kappa shape index (κ1) is 13.4. The maximum Gasteiger partial charge on any atom is -0.0175 e. The predicted octanol–water partition coefficient (Wildman–Crippen LogP) is 5.73. The van der Waals surface area contributed by atoms with Crippen molar-refractivity contribution in [2.24, 2.45) is 0 Å². The Morgan fingerprint density at radius 1 is 0.737 bits per heavy atom. The summed E-state index contributed by atoms with van der Waals surface area (Å²) in [6, 6.07) is 15.3. The number of hydrogen-bond acceptors (Lipinski definition) is 0. The Morgan fingerprint density at radius 3 is 2.16 bits per heavy atom. The summed E-state index contributed by atoms with van der Waals surface area (Å²) in [4.78, 5) is 0. The largest absolute Gasteiger partial charge is 0.0871 e. The van der Waals surface area contributed by atoms with Crippen molar-refractivity contribution in [2.75, 3.05) is 0 Å². The second-order valence-electron chi connectivity index (χ2n) is 4.76. The van der Waals surface area contributed by atoms with Crippen LogP contribution in [0.1, 0.15) is 30.5 Å². The highest BCUT2D eigenvalue weighted by molar-refractivity contribution is 5.71. The van der Waals surface area contributed by atoms with Gasteiger partial charge in [-0.25, -0.2) is 0 Å². The van der Waals surface area contributed by atoms with Gasteiger partial charge >= 0.3 is 0 Å². The number of aryl methyl sites for hydroxylation is 1. The van der Waals surface area contributed by atoms with E-state index in [9.17, 15) is 0 Å². The molecule has 0 aliphatic rings. The van der Waals surface area contributed by atoms with Crippen molar-refractivity contribution < 1.29 is 0 Å². The van der Waals surface area contributed by atoms with Crippen LogP contribution in [-0.2, 0) is 0 Å². The van der Waals surface area contributed by atoms with Crippen molar-refractivity contribution in [1.29, 1.82) is 0 Å². The first-order valence-electron chi connectivity index (χ1n) is 6.70. The summed E-state index contributed by atoms with van der Waals surface area (Å²) >= 11 is 0. The van der Waals surface area contributed by atoms with E-state index >= 15 is 0 Å². The minimum Gasteiger partial charge on any atom is -0.0871 e. The lowest BCUT2D eigenvalue weighted by atomic mass is 9.98. The number of allylic oxidation sites excluding steroid dienone is 2. The first-order chi connectivity index (χ1) is 9.22. The number of rotatable bonds is 3. The van der Waals surface area contributed by atoms with Gasteiger partial charge in [0, 0.05) is 0 Å². The van der Waals surface area contributed by atoms with Crippen LogP contribution in [0, 0.1) is 6.92 Å². The Morgan fingerprint density at radius 2 is 1.42 bits per heavy atom. The molecular formula is C19H20. The zero-order valence-corrected chi connectivity index (χ0v) is 11.9. The highest BCUT2D eigenvalue weighted by Crippen LogP contribution is 2.24. The quantitative estimate of drug-likeness (QED) is 0.651. The second kappa shape index (κ2) is 6.19. The molecule has 2 aromatic rings. The van der Waals surface area contributed by atoms with Gasteiger partial charge in [-0.05, 0) is 60.7 Å². The average molecular weight is 248 g/mol. The minimum atomic E-state index is 1.24. The smallest absolute Gasteiger partial charge is 0.0175 e. The van der Waals surface area contributed by atoms with Gasteiger partial charge in [0.25, 0.3) is 0 Å². The van der Waals surface area contributed by atoms with Crippen LogP contribution in [0.25, 0.3) is 23.3 Å². The molecule has 0 nitrogen and oxygen atoms in total. The molecule has 0 fully saturated rings. The molecule has 0 atom stereocenters. The topological polar surface area (TPSA) is 0 Å². The lowest BCUT2D eigenvalue weighted by molar-refractivity contribution is 1.45. The Hall–Kier alpha value is -2.08. The second-order valence-corrected chi connectivity index (χ2v) is 4.76. The van der Waals surface area contributed by atoms with E-state index in [1.54, 1.807) is 0 Å². The van der Waals surface area contributed by atoms with E-state index in [4.69, 9.17) is 0 Å². The highest BCUT2D eigenvalue weighted by Gasteiger charge is 2.00. The van der Waals surface area contributed by atoms with Crippen LogP contribution >= 0.6 is 0 Å². The standard InChI is InChI=1S/C19H20/c1-4-7-16-9-6-10-18(13-16)19-12-15(3)11-17(14-19)8-5-2/h4-14H,1-3H3/b7-4+,8-5+. The molecule has 0 radical (unpaired) electrons. The Kier molecular flexibility index (Phi) is 4.35. The van der Waals surface area contributed by atoms with Crippen LogP contribution in [-0.4, -0.2) is 0 Å². The molecule has 0 saturated heterocycles. The molecule has 0 saturated carbocycles. The van der Waals surface area contributed by atoms with Gasteiger partial charge in [0.2, 0.25) is 0 Å². The Bertz CT molecular complexity index is 616. The molecular weight excluding hydrogens is 228 g/mol. The average Bonchev–Trinajstić information content (AvgIpc) is 2.39. The van der Waals surface area contributed by atoms with Crippen molar-refractivity contribution >= 4 is 12.2 Å². The van der Waals surface area contributed by atoms with Crippen molar-refractivity contribution in [3.8, 4) is 11.1 Å². The summed E-state index contributed by atoms with van der Waals surface area (Å²) in [5.74, 6) is 0. The molecule has 0 N–H and O–H groups in total. The molecule has 0 aromatic heterocycles. The fourth-order valence-corrected chi connectivity index (χ4v) is 2.28. The molecule has 0 bridgehead atoms. The third kappa shape index (κ3) is 3.45. The number of hydrogen-bond donors (Lipinski definition) is 0. The van der Waals surface area contributed by atoms with Crippen LogP contribution in [0.2, 0.25) is 0 Å². The van der Waals surface area contributed by atoms with Gasteiger partial charge in [-0.2, -0.15) is 0 Å². The van der Waals surface area contributed by atoms with Crippen LogP contribution in [0.3, 0.4) is 0 Å². The molecule has 0 aliphatic carbocycles. The van der Waals surface area contributed by atoms with E-state index in [-0.39, 0.29) is 0 Å². The lowest BCUT2D eigenvalue weighted by Gasteiger charge is -2.07. The van der Waals surface area contributed by atoms with Crippen molar-refractivity contribution in [2.45, 2.75) is 20.8 Å². The molecule has 0 spiro atoms. The first-order valence-corrected chi connectivity index (χ1v) is 6.70. The lowest BCUT2D eigenvalue weighted by Crippen LogP contribution is -1.84. The van der Waals surface area contributed by atoms with Crippen LogP contribution in [0.4, 0.5) is 0 Å². The highest BCUT2D eigenvalue weighted by atomic mass is 14.1. The van der Waals surface area contributed by atoms with E-state index in [0.29, 0.717) is 0 Å². The van der Waals surface area contributed by atoms with Gasteiger partial charge in [-0.15, -0.1) is 0 Å². The molecule has 2 aromatic carbocycles. The van der Waals surface area contributed by atoms with Crippen molar-refractivity contribution in [3.05, 3.63) is 71.3 Å².